The number of nitrogens with zero attached hydrogens (tertiary/aromatic N) is 2. The second kappa shape index (κ2) is 7.83. The lowest BCUT2D eigenvalue weighted by Crippen LogP contribution is -2.27. The lowest BCUT2D eigenvalue weighted by atomic mass is 10.0. The summed E-state index contributed by atoms with van der Waals surface area (Å²) in [6.45, 7) is 4.00. The Kier molecular flexibility index (Phi) is 6.08. The summed E-state index contributed by atoms with van der Waals surface area (Å²) in [5.74, 6) is -0.410. The molecule has 0 aromatic carbocycles. The fraction of sp³-hybridized carbons (Fsp3) is 0.500. The van der Waals surface area contributed by atoms with Crippen molar-refractivity contribution in [2.75, 3.05) is 11.9 Å². The molecule has 6 heteroatoms. The van der Waals surface area contributed by atoms with E-state index in [4.69, 9.17) is 0 Å². The average Bonchev–Trinajstić information content (AvgIpc) is 3.15. The molecule has 0 radical (unpaired) electrons. The molecule has 0 spiro atoms. The number of hydrogen-bond donors (Lipinski definition) is 0. The lowest BCUT2D eigenvalue weighted by Gasteiger charge is -2.13. The number of carbonyl (C=O) groups excluding carboxylic acids is 1. The van der Waals surface area contributed by atoms with Crippen LogP contribution in [0.3, 0.4) is 0 Å². The topological polar surface area (TPSA) is 33.2 Å². The Labute approximate surface area is 138 Å². The number of thiazole rings is 1. The number of halogens is 1. The molecular weight excluding hydrogens is 319 g/mol. The van der Waals surface area contributed by atoms with Crippen molar-refractivity contribution in [2.24, 2.45) is 0 Å². The maximum absolute atomic E-state index is 13.4. The molecule has 1 aliphatic rings. The number of aryl methyl sites for hydroxylation is 2. The molecule has 120 valence electrons. The van der Waals surface area contributed by atoms with Gasteiger partial charge in [0, 0.05) is 16.8 Å². The van der Waals surface area contributed by atoms with Crippen LogP contribution in [0.1, 0.15) is 42.1 Å². The Morgan fingerprint density at radius 2 is 2.09 bits per heavy atom. The number of anilines is 1. The van der Waals surface area contributed by atoms with Crippen LogP contribution < -0.4 is 4.90 Å². The van der Waals surface area contributed by atoms with Gasteiger partial charge in [-0.3, -0.25) is 9.69 Å². The smallest absolute Gasteiger partial charge is 0.233 e. The second-order valence-electron chi connectivity index (χ2n) is 4.89. The highest BCUT2D eigenvalue weighted by Crippen LogP contribution is 2.31. The largest absolute Gasteiger partial charge is 0.291 e. The van der Waals surface area contributed by atoms with E-state index in [1.54, 1.807) is 28.7 Å². The first-order valence-electron chi connectivity index (χ1n) is 7.62. The van der Waals surface area contributed by atoms with Crippen LogP contribution in [-0.2, 0) is 24.1 Å². The second-order valence-corrected chi connectivity index (χ2v) is 6.96. The molecule has 0 fully saturated rings. The van der Waals surface area contributed by atoms with Crippen molar-refractivity contribution in [1.29, 1.82) is 0 Å². The summed E-state index contributed by atoms with van der Waals surface area (Å²) in [6, 6.07) is 1.40. The fourth-order valence-electron chi connectivity index (χ4n) is 2.30. The Hall–Kier alpha value is -1.27. The molecule has 22 heavy (non-hydrogen) atoms. The van der Waals surface area contributed by atoms with Gasteiger partial charge >= 0.3 is 0 Å². The van der Waals surface area contributed by atoms with Crippen LogP contribution in [0.25, 0.3) is 0 Å². The standard InChI is InChI=1S/C14H15FN2OS2.C2H6/c1-17(13(18)8-12-9(15)6-7-19-12)14-16-10-4-2-3-5-11(10)20-14;1-2/h6-7H,2-5,8H2,1H3;1-2H3. The van der Waals surface area contributed by atoms with Gasteiger partial charge in [-0.25, -0.2) is 9.37 Å². The van der Waals surface area contributed by atoms with Crippen molar-refractivity contribution in [1.82, 2.24) is 4.98 Å². The first kappa shape index (κ1) is 17.1. The van der Waals surface area contributed by atoms with Gasteiger partial charge in [0.1, 0.15) is 5.82 Å². The number of fused-ring (bicyclic) bond motifs is 1. The third-order valence-electron chi connectivity index (χ3n) is 3.50. The van der Waals surface area contributed by atoms with Gasteiger partial charge in [0.25, 0.3) is 0 Å². The Morgan fingerprint density at radius 3 is 2.73 bits per heavy atom. The van der Waals surface area contributed by atoms with Gasteiger partial charge < -0.3 is 0 Å². The number of aromatic nitrogens is 1. The maximum atomic E-state index is 13.4. The molecule has 0 atom stereocenters. The summed E-state index contributed by atoms with van der Waals surface area (Å²) < 4.78 is 13.4. The molecule has 3 rings (SSSR count). The third kappa shape index (κ3) is 3.73. The van der Waals surface area contributed by atoms with E-state index in [0.717, 1.165) is 23.7 Å². The fourth-order valence-corrected chi connectivity index (χ4v) is 4.16. The van der Waals surface area contributed by atoms with Crippen molar-refractivity contribution in [3.8, 4) is 0 Å². The Morgan fingerprint density at radius 1 is 1.36 bits per heavy atom. The van der Waals surface area contributed by atoms with E-state index < -0.39 is 0 Å². The molecule has 0 unspecified atom stereocenters. The highest BCUT2D eigenvalue weighted by molar-refractivity contribution is 7.16. The number of carbonyl (C=O) groups is 1. The van der Waals surface area contributed by atoms with Crippen LogP contribution >= 0.6 is 22.7 Å². The zero-order valence-corrected chi connectivity index (χ0v) is 14.8. The van der Waals surface area contributed by atoms with Gasteiger partial charge in [-0.05, 0) is 37.1 Å². The summed E-state index contributed by atoms with van der Waals surface area (Å²) >= 11 is 2.87. The van der Waals surface area contributed by atoms with Crippen LogP contribution in [0.2, 0.25) is 0 Å². The number of amides is 1. The van der Waals surface area contributed by atoms with E-state index in [1.807, 2.05) is 13.8 Å². The zero-order valence-electron chi connectivity index (χ0n) is 13.2. The minimum Gasteiger partial charge on any atom is -0.291 e. The van der Waals surface area contributed by atoms with E-state index in [0.29, 0.717) is 4.88 Å². The first-order chi connectivity index (χ1) is 10.6. The van der Waals surface area contributed by atoms with Crippen molar-refractivity contribution in [3.05, 3.63) is 32.7 Å². The molecular formula is C16H21FN2OS2. The summed E-state index contributed by atoms with van der Waals surface area (Å²) in [4.78, 5) is 20.1. The molecule has 2 heterocycles. The van der Waals surface area contributed by atoms with Crippen LogP contribution in [0, 0.1) is 5.82 Å². The average molecular weight is 340 g/mol. The van der Waals surface area contributed by atoms with Crippen LogP contribution in [0.15, 0.2) is 11.4 Å². The predicted molar refractivity (Wildman–Crippen MR) is 91.5 cm³/mol. The number of likely N-dealkylation sites (N-methyl/N-ethyl adjacent to an activating group) is 1. The van der Waals surface area contributed by atoms with E-state index in [1.165, 1.54) is 35.1 Å². The quantitative estimate of drug-likeness (QED) is 0.827. The van der Waals surface area contributed by atoms with Gasteiger partial charge in [0.2, 0.25) is 5.91 Å². The molecule has 3 nitrogen and oxygen atoms in total. The van der Waals surface area contributed by atoms with Crippen molar-refractivity contribution < 1.29 is 9.18 Å². The summed E-state index contributed by atoms with van der Waals surface area (Å²) in [7, 11) is 1.72. The van der Waals surface area contributed by atoms with E-state index in [-0.39, 0.29) is 18.1 Å². The van der Waals surface area contributed by atoms with Gasteiger partial charge in [-0.2, -0.15) is 0 Å². The summed E-state index contributed by atoms with van der Waals surface area (Å²) in [5, 5.41) is 2.40. The van der Waals surface area contributed by atoms with Crippen molar-refractivity contribution in [3.63, 3.8) is 0 Å². The number of hydrogen-bond acceptors (Lipinski definition) is 4. The molecule has 2 aromatic heterocycles. The maximum Gasteiger partial charge on any atom is 0.233 e. The monoisotopic (exact) mass is 340 g/mol. The van der Waals surface area contributed by atoms with Gasteiger partial charge in [-0.15, -0.1) is 22.7 Å². The molecule has 0 aliphatic heterocycles. The lowest BCUT2D eigenvalue weighted by molar-refractivity contribution is -0.117. The van der Waals surface area contributed by atoms with Crippen LogP contribution in [0.4, 0.5) is 9.52 Å². The van der Waals surface area contributed by atoms with Crippen LogP contribution in [-0.4, -0.2) is 17.9 Å². The van der Waals surface area contributed by atoms with Gasteiger partial charge in [0.15, 0.2) is 5.13 Å². The highest BCUT2D eigenvalue weighted by Gasteiger charge is 2.21. The summed E-state index contributed by atoms with van der Waals surface area (Å²) in [5.41, 5.74) is 1.14. The molecule has 0 bridgehead atoms. The van der Waals surface area contributed by atoms with Gasteiger partial charge in [0.05, 0.1) is 12.1 Å². The first-order valence-corrected chi connectivity index (χ1v) is 9.32. The minimum atomic E-state index is -0.296. The molecule has 0 saturated heterocycles. The SMILES string of the molecule is CC.CN(C(=O)Cc1sccc1F)c1nc2c(s1)CCCC2. The highest BCUT2D eigenvalue weighted by atomic mass is 32.1. The molecule has 1 amide bonds. The van der Waals surface area contributed by atoms with Crippen LogP contribution in [0.5, 0.6) is 0 Å². The molecule has 0 saturated carbocycles. The van der Waals surface area contributed by atoms with E-state index in [9.17, 15) is 9.18 Å². The van der Waals surface area contributed by atoms with Gasteiger partial charge in [-0.1, -0.05) is 13.8 Å². The number of rotatable bonds is 3. The number of thiophene rings is 1. The van der Waals surface area contributed by atoms with E-state index in [2.05, 4.69) is 4.98 Å². The Bertz CT molecular complexity index is 612. The Balaban J connectivity index is 0.000000847. The predicted octanol–water partition coefficient (Wildman–Crippen LogP) is 4.45. The molecule has 0 N–H and O–H groups in total. The zero-order chi connectivity index (χ0) is 16.1. The summed E-state index contributed by atoms with van der Waals surface area (Å²) in [6.07, 6.45) is 4.55. The minimum absolute atomic E-state index is 0.101. The molecule has 1 aliphatic carbocycles. The molecule has 2 aromatic rings. The third-order valence-corrected chi connectivity index (χ3v) is 5.63. The van der Waals surface area contributed by atoms with Crippen molar-refractivity contribution in [2.45, 2.75) is 46.0 Å². The van der Waals surface area contributed by atoms with E-state index >= 15 is 0 Å². The normalized spacial score (nSPS) is 13.1. The van der Waals surface area contributed by atoms with Crippen molar-refractivity contribution >= 4 is 33.7 Å².